The fraction of sp³-hybridized carbons (Fsp3) is 0.458. The minimum atomic E-state index is 0.107. The van der Waals surface area contributed by atoms with Gasteiger partial charge in [-0.3, -0.25) is 9.69 Å². The van der Waals surface area contributed by atoms with Crippen LogP contribution >= 0.6 is 11.6 Å². The van der Waals surface area contributed by atoms with Crippen LogP contribution in [0.1, 0.15) is 36.8 Å². The molecule has 3 rings (SSSR count). The van der Waals surface area contributed by atoms with Gasteiger partial charge >= 0.3 is 0 Å². The number of carbonyl (C=O) groups is 1. The summed E-state index contributed by atoms with van der Waals surface area (Å²) in [5.41, 5.74) is 2.33. The Labute approximate surface area is 184 Å². The molecule has 0 radical (unpaired) electrons. The predicted molar refractivity (Wildman–Crippen MR) is 120 cm³/mol. The Hall–Kier alpha value is -2.24. The minimum absolute atomic E-state index is 0.107. The van der Waals surface area contributed by atoms with E-state index in [9.17, 15) is 4.79 Å². The van der Waals surface area contributed by atoms with Crippen molar-refractivity contribution in [3.63, 3.8) is 0 Å². The highest BCUT2D eigenvalue weighted by atomic mass is 35.5. The summed E-state index contributed by atoms with van der Waals surface area (Å²) >= 11 is 6.00. The summed E-state index contributed by atoms with van der Waals surface area (Å²) in [4.78, 5) is 14.7. The van der Waals surface area contributed by atoms with Crippen molar-refractivity contribution < 1.29 is 14.3 Å². The van der Waals surface area contributed by atoms with Crippen LogP contribution in [0.4, 0.5) is 0 Å². The number of amides is 1. The standard InChI is InChI=1S/C24H31ClN2O3/c1-18-5-8-20(25)16-23(18)30-15-3-4-24(28)26-21-11-13-27(14-12-21)17-19-6-9-22(29-2)10-7-19/h5-10,16,21H,3-4,11-15,17H2,1-2H3,(H,26,28). The Morgan fingerprint density at radius 1 is 1.17 bits per heavy atom. The molecular formula is C24H31ClN2O3. The van der Waals surface area contributed by atoms with Crippen LogP contribution in [0.5, 0.6) is 11.5 Å². The second-order valence-electron chi connectivity index (χ2n) is 7.83. The number of piperidine rings is 1. The summed E-state index contributed by atoms with van der Waals surface area (Å²) in [5, 5.41) is 3.84. The highest BCUT2D eigenvalue weighted by Gasteiger charge is 2.20. The normalized spacial score (nSPS) is 15.0. The van der Waals surface area contributed by atoms with Gasteiger partial charge in [0.05, 0.1) is 13.7 Å². The zero-order valence-electron chi connectivity index (χ0n) is 17.8. The summed E-state index contributed by atoms with van der Waals surface area (Å²) < 4.78 is 11.0. The first kappa shape index (κ1) is 22.4. The van der Waals surface area contributed by atoms with Crippen molar-refractivity contribution in [2.75, 3.05) is 26.8 Å². The lowest BCUT2D eigenvalue weighted by Crippen LogP contribution is -2.44. The van der Waals surface area contributed by atoms with E-state index in [2.05, 4.69) is 22.3 Å². The zero-order chi connectivity index (χ0) is 21.3. The van der Waals surface area contributed by atoms with Crippen molar-refractivity contribution in [2.24, 2.45) is 0 Å². The van der Waals surface area contributed by atoms with Crippen molar-refractivity contribution in [1.29, 1.82) is 0 Å². The van der Waals surface area contributed by atoms with E-state index in [1.54, 1.807) is 7.11 Å². The molecule has 2 aromatic carbocycles. The van der Waals surface area contributed by atoms with Gasteiger partial charge in [0.2, 0.25) is 5.91 Å². The minimum Gasteiger partial charge on any atom is -0.497 e. The van der Waals surface area contributed by atoms with Crippen LogP contribution in [0.15, 0.2) is 42.5 Å². The molecule has 1 amide bonds. The molecule has 1 heterocycles. The summed E-state index contributed by atoms with van der Waals surface area (Å²) in [5.74, 6) is 1.77. The van der Waals surface area contributed by atoms with Gasteiger partial charge in [0, 0.05) is 37.1 Å². The number of benzene rings is 2. The number of rotatable bonds is 9. The van der Waals surface area contributed by atoms with Crippen molar-refractivity contribution in [3.05, 3.63) is 58.6 Å². The molecule has 1 fully saturated rings. The largest absolute Gasteiger partial charge is 0.497 e. The monoisotopic (exact) mass is 430 g/mol. The second-order valence-corrected chi connectivity index (χ2v) is 8.26. The number of halogens is 1. The Kier molecular flexibility index (Phi) is 8.40. The quantitative estimate of drug-likeness (QED) is 0.591. The summed E-state index contributed by atoms with van der Waals surface area (Å²) in [7, 11) is 1.68. The van der Waals surface area contributed by atoms with Crippen LogP contribution in [0, 0.1) is 6.92 Å². The van der Waals surface area contributed by atoms with Crippen LogP contribution in [0.2, 0.25) is 5.02 Å². The van der Waals surface area contributed by atoms with E-state index in [0.29, 0.717) is 24.5 Å². The third-order valence-electron chi connectivity index (χ3n) is 5.47. The van der Waals surface area contributed by atoms with Crippen molar-refractivity contribution in [1.82, 2.24) is 10.2 Å². The lowest BCUT2D eigenvalue weighted by molar-refractivity contribution is -0.122. The van der Waals surface area contributed by atoms with E-state index in [0.717, 1.165) is 49.5 Å². The fourth-order valence-corrected chi connectivity index (χ4v) is 3.83. The number of likely N-dealkylation sites (tertiary alicyclic amines) is 1. The molecule has 0 bridgehead atoms. The average Bonchev–Trinajstić information content (AvgIpc) is 2.75. The first-order valence-corrected chi connectivity index (χ1v) is 10.9. The van der Waals surface area contributed by atoms with Gasteiger partial charge in [0.1, 0.15) is 11.5 Å². The smallest absolute Gasteiger partial charge is 0.220 e. The van der Waals surface area contributed by atoms with Gasteiger partial charge in [-0.25, -0.2) is 0 Å². The molecule has 1 aliphatic rings. The number of nitrogens with one attached hydrogen (secondary N) is 1. The van der Waals surface area contributed by atoms with E-state index in [1.165, 1.54) is 5.56 Å². The summed E-state index contributed by atoms with van der Waals surface area (Å²) in [6, 6.07) is 14.1. The maximum atomic E-state index is 12.3. The molecule has 5 nitrogen and oxygen atoms in total. The van der Waals surface area contributed by atoms with Crippen LogP contribution in [-0.2, 0) is 11.3 Å². The van der Waals surface area contributed by atoms with Crippen molar-refractivity contribution in [3.8, 4) is 11.5 Å². The Morgan fingerprint density at radius 2 is 1.90 bits per heavy atom. The SMILES string of the molecule is COc1ccc(CN2CCC(NC(=O)CCCOc3cc(Cl)ccc3C)CC2)cc1. The average molecular weight is 431 g/mol. The third kappa shape index (κ3) is 6.92. The van der Waals surface area contributed by atoms with E-state index < -0.39 is 0 Å². The molecule has 1 N–H and O–H groups in total. The molecule has 0 aliphatic carbocycles. The first-order chi connectivity index (χ1) is 14.5. The van der Waals surface area contributed by atoms with Gasteiger partial charge in [0.15, 0.2) is 0 Å². The van der Waals surface area contributed by atoms with Gasteiger partial charge in [0.25, 0.3) is 0 Å². The highest BCUT2D eigenvalue weighted by Crippen LogP contribution is 2.22. The molecule has 0 aromatic heterocycles. The van der Waals surface area contributed by atoms with Crippen LogP contribution in [0.25, 0.3) is 0 Å². The molecule has 2 aromatic rings. The number of hydrogen-bond acceptors (Lipinski definition) is 4. The van der Waals surface area contributed by atoms with Gasteiger partial charge < -0.3 is 14.8 Å². The molecule has 1 saturated heterocycles. The molecule has 0 unspecified atom stereocenters. The molecule has 0 saturated carbocycles. The molecule has 0 spiro atoms. The van der Waals surface area contributed by atoms with E-state index in [1.807, 2.05) is 37.3 Å². The third-order valence-corrected chi connectivity index (χ3v) is 5.71. The second kappa shape index (κ2) is 11.2. The van der Waals surface area contributed by atoms with Gasteiger partial charge in [-0.15, -0.1) is 0 Å². The summed E-state index contributed by atoms with van der Waals surface area (Å²) in [6.07, 6.45) is 3.14. The summed E-state index contributed by atoms with van der Waals surface area (Å²) in [6.45, 7) is 5.42. The van der Waals surface area contributed by atoms with Gasteiger partial charge in [-0.1, -0.05) is 29.8 Å². The number of ether oxygens (including phenoxy) is 2. The number of hydrogen-bond donors (Lipinski definition) is 1. The Balaban J connectivity index is 1.31. The number of methoxy groups -OCH3 is 1. The first-order valence-electron chi connectivity index (χ1n) is 10.6. The molecule has 162 valence electrons. The lowest BCUT2D eigenvalue weighted by atomic mass is 10.0. The molecule has 1 aliphatic heterocycles. The van der Waals surface area contributed by atoms with E-state index in [-0.39, 0.29) is 11.9 Å². The lowest BCUT2D eigenvalue weighted by Gasteiger charge is -2.32. The maximum absolute atomic E-state index is 12.3. The fourth-order valence-electron chi connectivity index (χ4n) is 3.67. The Bertz CT molecular complexity index is 818. The zero-order valence-corrected chi connectivity index (χ0v) is 18.6. The molecular weight excluding hydrogens is 400 g/mol. The van der Waals surface area contributed by atoms with Gasteiger partial charge in [-0.2, -0.15) is 0 Å². The number of nitrogens with zero attached hydrogens (tertiary/aromatic N) is 1. The van der Waals surface area contributed by atoms with E-state index >= 15 is 0 Å². The van der Waals surface area contributed by atoms with Gasteiger partial charge in [-0.05, 0) is 61.6 Å². The predicted octanol–water partition coefficient (Wildman–Crippen LogP) is 4.60. The van der Waals surface area contributed by atoms with Crippen LogP contribution < -0.4 is 14.8 Å². The van der Waals surface area contributed by atoms with Crippen molar-refractivity contribution >= 4 is 17.5 Å². The topological polar surface area (TPSA) is 50.8 Å². The number of carbonyl (C=O) groups excluding carboxylic acids is 1. The van der Waals surface area contributed by atoms with Crippen molar-refractivity contribution in [2.45, 2.75) is 45.2 Å². The van der Waals surface area contributed by atoms with E-state index in [4.69, 9.17) is 21.1 Å². The molecule has 0 atom stereocenters. The molecule has 6 heteroatoms. The van der Waals surface area contributed by atoms with Crippen LogP contribution in [-0.4, -0.2) is 43.7 Å². The van der Waals surface area contributed by atoms with Crippen LogP contribution in [0.3, 0.4) is 0 Å². The highest BCUT2D eigenvalue weighted by molar-refractivity contribution is 6.30. The number of aryl methyl sites for hydroxylation is 1. The Morgan fingerprint density at radius 3 is 2.60 bits per heavy atom. The molecule has 30 heavy (non-hydrogen) atoms. The maximum Gasteiger partial charge on any atom is 0.220 e.